The van der Waals surface area contributed by atoms with Gasteiger partial charge < -0.3 is 15.2 Å². The highest BCUT2D eigenvalue weighted by molar-refractivity contribution is 5.80. The second kappa shape index (κ2) is 7.28. The van der Waals surface area contributed by atoms with Gasteiger partial charge in [-0.2, -0.15) is 0 Å². The lowest BCUT2D eigenvalue weighted by Gasteiger charge is -2.24. The summed E-state index contributed by atoms with van der Waals surface area (Å²) in [6, 6.07) is 8.24. The van der Waals surface area contributed by atoms with Gasteiger partial charge in [-0.15, -0.1) is 0 Å². The summed E-state index contributed by atoms with van der Waals surface area (Å²) < 4.78 is 4.79. The van der Waals surface area contributed by atoms with Crippen LogP contribution in [0.25, 0.3) is 0 Å². The molecule has 1 aromatic carbocycles. The van der Waals surface area contributed by atoms with Crippen LogP contribution in [-0.2, 0) is 25.5 Å². The number of rotatable bonds is 6. The van der Waals surface area contributed by atoms with Crippen LogP contribution in [0.1, 0.15) is 19.4 Å². The van der Waals surface area contributed by atoms with E-state index >= 15 is 0 Å². The Morgan fingerprint density at radius 3 is 2.25 bits per heavy atom. The van der Waals surface area contributed by atoms with Crippen LogP contribution in [0.15, 0.2) is 30.3 Å². The first-order chi connectivity index (χ1) is 9.40. The lowest BCUT2D eigenvalue weighted by molar-refractivity contribution is -0.165. The number of hydrogen-bond donors (Lipinski definition) is 2. The molecule has 0 saturated carbocycles. The van der Waals surface area contributed by atoms with Gasteiger partial charge in [-0.25, -0.2) is 4.79 Å². The van der Waals surface area contributed by atoms with Gasteiger partial charge in [-0.05, 0) is 12.0 Å². The number of aliphatic carboxylic acids is 1. The molecule has 0 aliphatic rings. The number of ether oxygens (including phenoxy) is 1. The van der Waals surface area contributed by atoms with E-state index in [1.807, 2.05) is 30.3 Å². The van der Waals surface area contributed by atoms with Gasteiger partial charge in [0.05, 0.1) is 6.04 Å². The SMILES string of the molecule is CC(=O)NC(Cc1ccccc1)C(OC(C)=O)C(=O)O. The number of carboxylic acids is 1. The summed E-state index contributed by atoms with van der Waals surface area (Å²) >= 11 is 0. The van der Waals surface area contributed by atoms with Crippen LogP contribution >= 0.6 is 0 Å². The maximum Gasteiger partial charge on any atom is 0.347 e. The molecule has 0 saturated heterocycles. The predicted octanol–water partition coefficient (Wildman–Crippen LogP) is 0.750. The third kappa shape index (κ3) is 5.09. The molecule has 2 atom stereocenters. The average molecular weight is 279 g/mol. The van der Waals surface area contributed by atoms with E-state index < -0.39 is 24.1 Å². The summed E-state index contributed by atoms with van der Waals surface area (Å²) in [6.45, 7) is 2.41. The fourth-order valence-corrected chi connectivity index (χ4v) is 1.85. The van der Waals surface area contributed by atoms with Crippen molar-refractivity contribution in [1.82, 2.24) is 5.32 Å². The summed E-state index contributed by atoms with van der Waals surface area (Å²) in [5.41, 5.74) is 0.838. The van der Waals surface area contributed by atoms with Crippen LogP contribution in [0.5, 0.6) is 0 Å². The first-order valence-corrected chi connectivity index (χ1v) is 6.11. The quantitative estimate of drug-likeness (QED) is 0.750. The minimum absolute atomic E-state index is 0.255. The van der Waals surface area contributed by atoms with Crippen LogP contribution in [0.4, 0.5) is 0 Å². The number of carbonyl (C=O) groups excluding carboxylic acids is 2. The molecule has 2 N–H and O–H groups in total. The summed E-state index contributed by atoms with van der Waals surface area (Å²) in [4.78, 5) is 33.4. The Hall–Kier alpha value is -2.37. The molecule has 20 heavy (non-hydrogen) atoms. The Balaban J connectivity index is 2.93. The zero-order chi connectivity index (χ0) is 15.1. The van der Waals surface area contributed by atoms with Crippen LogP contribution in [0, 0.1) is 0 Å². The van der Waals surface area contributed by atoms with Crippen molar-refractivity contribution in [1.29, 1.82) is 0 Å². The van der Waals surface area contributed by atoms with Gasteiger partial charge in [0, 0.05) is 13.8 Å². The Morgan fingerprint density at radius 2 is 1.80 bits per heavy atom. The molecule has 0 bridgehead atoms. The summed E-state index contributed by atoms with van der Waals surface area (Å²) in [5.74, 6) is -2.39. The van der Waals surface area contributed by atoms with E-state index in [2.05, 4.69) is 5.32 Å². The molecule has 0 fully saturated rings. The number of amides is 1. The number of hydrogen-bond acceptors (Lipinski definition) is 4. The maximum atomic E-state index is 11.2. The molecule has 0 spiro atoms. The highest BCUT2D eigenvalue weighted by atomic mass is 16.6. The lowest BCUT2D eigenvalue weighted by Crippen LogP contribution is -2.49. The molecule has 2 unspecified atom stereocenters. The number of esters is 1. The van der Waals surface area contributed by atoms with E-state index in [-0.39, 0.29) is 12.3 Å². The van der Waals surface area contributed by atoms with Gasteiger partial charge >= 0.3 is 11.9 Å². The molecule has 6 heteroatoms. The third-order valence-electron chi connectivity index (χ3n) is 2.59. The monoisotopic (exact) mass is 279 g/mol. The molecular weight excluding hydrogens is 262 g/mol. The molecule has 1 amide bonds. The van der Waals surface area contributed by atoms with E-state index in [0.29, 0.717) is 0 Å². The van der Waals surface area contributed by atoms with E-state index in [1.165, 1.54) is 6.92 Å². The average Bonchev–Trinajstić information content (AvgIpc) is 2.35. The van der Waals surface area contributed by atoms with Crippen molar-refractivity contribution in [3.8, 4) is 0 Å². The first kappa shape index (κ1) is 15.7. The highest BCUT2D eigenvalue weighted by Gasteiger charge is 2.31. The number of benzene rings is 1. The zero-order valence-electron chi connectivity index (χ0n) is 11.3. The minimum Gasteiger partial charge on any atom is -0.478 e. The molecule has 1 rings (SSSR count). The van der Waals surface area contributed by atoms with E-state index in [0.717, 1.165) is 12.5 Å². The van der Waals surface area contributed by atoms with Gasteiger partial charge in [0.2, 0.25) is 12.0 Å². The number of nitrogens with one attached hydrogen (secondary N) is 1. The van der Waals surface area contributed by atoms with Gasteiger partial charge in [-0.1, -0.05) is 30.3 Å². The molecule has 0 aromatic heterocycles. The molecule has 1 aromatic rings. The molecule has 0 aliphatic carbocycles. The minimum atomic E-state index is -1.42. The predicted molar refractivity (Wildman–Crippen MR) is 70.9 cm³/mol. The Morgan fingerprint density at radius 1 is 1.20 bits per heavy atom. The van der Waals surface area contributed by atoms with Crippen molar-refractivity contribution in [2.75, 3.05) is 0 Å². The van der Waals surface area contributed by atoms with Crippen molar-refractivity contribution in [2.45, 2.75) is 32.4 Å². The maximum absolute atomic E-state index is 11.2. The van der Waals surface area contributed by atoms with Gasteiger partial charge in [0.15, 0.2) is 0 Å². The Labute approximate surface area is 116 Å². The largest absolute Gasteiger partial charge is 0.478 e. The number of carbonyl (C=O) groups is 3. The number of carboxylic acid groups (broad SMARTS) is 1. The smallest absolute Gasteiger partial charge is 0.347 e. The Bertz CT molecular complexity index is 486. The van der Waals surface area contributed by atoms with Crippen LogP contribution < -0.4 is 5.32 Å². The molecule has 0 radical (unpaired) electrons. The molecule has 0 heterocycles. The lowest BCUT2D eigenvalue weighted by atomic mass is 10.0. The van der Waals surface area contributed by atoms with Crippen LogP contribution in [0.2, 0.25) is 0 Å². The molecule has 108 valence electrons. The second-order valence-electron chi connectivity index (χ2n) is 4.37. The summed E-state index contributed by atoms with van der Waals surface area (Å²) in [5, 5.41) is 11.7. The van der Waals surface area contributed by atoms with Gasteiger partial charge in [0.1, 0.15) is 0 Å². The van der Waals surface area contributed by atoms with E-state index in [9.17, 15) is 14.4 Å². The molecule has 6 nitrogen and oxygen atoms in total. The second-order valence-corrected chi connectivity index (χ2v) is 4.37. The van der Waals surface area contributed by atoms with Crippen molar-refractivity contribution >= 4 is 17.8 Å². The standard InChI is InChI=1S/C14H17NO5/c1-9(16)15-12(8-11-6-4-3-5-7-11)13(14(18)19)20-10(2)17/h3-7,12-13H,8H2,1-2H3,(H,15,16)(H,18,19). The topological polar surface area (TPSA) is 92.7 Å². The summed E-state index contributed by atoms with van der Waals surface area (Å²) in [6.07, 6.45) is -1.17. The van der Waals surface area contributed by atoms with Crippen molar-refractivity contribution in [2.24, 2.45) is 0 Å². The highest BCUT2D eigenvalue weighted by Crippen LogP contribution is 2.10. The summed E-state index contributed by atoms with van der Waals surface area (Å²) in [7, 11) is 0. The van der Waals surface area contributed by atoms with Gasteiger partial charge in [-0.3, -0.25) is 9.59 Å². The van der Waals surface area contributed by atoms with Gasteiger partial charge in [0.25, 0.3) is 0 Å². The molecular formula is C14H17NO5. The first-order valence-electron chi connectivity index (χ1n) is 6.11. The third-order valence-corrected chi connectivity index (χ3v) is 2.59. The fraction of sp³-hybridized carbons (Fsp3) is 0.357. The fourth-order valence-electron chi connectivity index (χ4n) is 1.85. The van der Waals surface area contributed by atoms with Crippen LogP contribution in [0.3, 0.4) is 0 Å². The Kier molecular flexibility index (Phi) is 5.71. The zero-order valence-corrected chi connectivity index (χ0v) is 11.3. The van der Waals surface area contributed by atoms with Crippen LogP contribution in [-0.4, -0.2) is 35.1 Å². The molecule has 0 aliphatic heterocycles. The van der Waals surface area contributed by atoms with Crippen molar-refractivity contribution < 1.29 is 24.2 Å². The van der Waals surface area contributed by atoms with E-state index in [1.54, 1.807) is 0 Å². The normalized spacial score (nSPS) is 13.1. The van der Waals surface area contributed by atoms with Crippen molar-refractivity contribution in [3.05, 3.63) is 35.9 Å². The van der Waals surface area contributed by atoms with E-state index in [4.69, 9.17) is 9.84 Å². The van der Waals surface area contributed by atoms with Crippen molar-refractivity contribution in [3.63, 3.8) is 0 Å².